The van der Waals surface area contributed by atoms with Crippen molar-refractivity contribution in [3.63, 3.8) is 0 Å². The van der Waals surface area contributed by atoms with Crippen molar-refractivity contribution in [2.45, 2.75) is 12.8 Å². The molecule has 0 spiro atoms. The molecule has 2 heterocycles. The van der Waals surface area contributed by atoms with Gasteiger partial charge in [-0.05, 0) is 44.0 Å². The molecule has 1 saturated heterocycles. The monoisotopic (exact) mass is 264 g/mol. The highest BCUT2D eigenvalue weighted by Crippen LogP contribution is 2.22. The second kappa shape index (κ2) is 5.16. The fourth-order valence-corrected chi connectivity index (χ4v) is 2.64. The van der Waals surface area contributed by atoms with Gasteiger partial charge in [-0.15, -0.1) is 0 Å². The minimum Gasteiger partial charge on any atom is -0.355 e. The Kier molecular flexibility index (Phi) is 3.39. The van der Waals surface area contributed by atoms with Crippen LogP contribution in [0, 0.1) is 5.92 Å². The van der Waals surface area contributed by atoms with Gasteiger partial charge >= 0.3 is 0 Å². The van der Waals surface area contributed by atoms with Gasteiger partial charge in [0.15, 0.2) is 0 Å². The van der Waals surface area contributed by atoms with Crippen molar-refractivity contribution in [1.29, 1.82) is 0 Å². The number of para-hydroxylation sites is 1. The molecule has 0 bridgehead atoms. The summed E-state index contributed by atoms with van der Waals surface area (Å²) in [6, 6.07) is 5.78. The van der Waals surface area contributed by atoms with Gasteiger partial charge in [-0.3, -0.25) is 0 Å². The topological polar surface area (TPSA) is 52.7 Å². The Bertz CT molecular complexity index is 531. The third-order valence-electron chi connectivity index (χ3n) is 3.42. The van der Waals surface area contributed by atoms with E-state index in [2.05, 4.69) is 20.6 Å². The minimum atomic E-state index is 0.683. The summed E-state index contributed by atoms with van der Waals surface area (Å²) in [6.07, 6.45) is 2.54. The maximum Gasteiger partial charge on any atom is 0.201 e. The van der Waals surface area contributed by atoms with Crippen LogP contribution in [0.1, 0.15) is 12.8 Å². The molecule has 0 saturated carbocycles. The number of piperidine rings is 1. The van der Waals surface area contributed by atoms with Gasteiger partial charge < -0.3 is 15.6 Å². The molecule has 96 valence electrons. The zero-order valence-corrected chi connectivity index (χ0v) is 10.9. The van der Waals surface area contributed by atoms with Crippen LogP contribution in [0.15, 0.2) is 18.2 Å². The Labute approximate surface area is 111 Å². The lowest BCUT2D eigenvalue weighted by Gasteiger charge is -2.22. The molecule has 18 heavy (non-hydrogen) atoms. The summed E-state index contributed by atoms with van der Waals surface area (Å²) in [5.41, 5.74) is 1.82. The molecule has 1 aliphatic rings. The molecule has 1 aliphatic heterocycles. The molecule has 3 N–H and O–H groups in total. The fraction of sp³-hybridized carbons (Fsp3) is 0.462. The van der Waals surface area contributed by atoms with Crippen molar-refractivity contribution in [1.82, 2.24) is 15.3 Å². The number of hydrogen-bond acceptors (Lipinski definition) is 3. The third-order valence-corrected chi connectivity index (χ3v) is 3.73. The molecule has 1 aromatic heterocycles. The van der Waals surface area contributed by atoms with E-state index in [1.165, 1.54) is 12.8 Å². The summed E-state index contributed by atoms with van der Waals surface area (Å²) in [6.45, 7) is 3.19. The number of rotatable bonds is 3. The van der Waals surface area contributed by atoms with Crippen LogP contribution in [0.25, 0.3) is 11.0 Å². The Morgan fingerprint density at radius 1 is 1.44 bits per heavy atom. The van der Waals surface area contributed by atoms with Crippen LogP contribution < -0.4 is 10.6 Å². The summed E-state index contributed by atoms with van der Waals surface area (Å²) in [7, 11) is 0. The number of hydrogen-bond donors (Lipinski definition) is 3. The molecule has 0 radical (unpaired) electrons. The molecular weight excluding hydrogens is 248 g/mol. The van der Waals surface area contributed by atoms with E-state index in [-0.39, 0.29) is 0 Å². The SMILES string of the molecule is Clc1cccc2[nH]c(NCC3CCCNC3)nc12. The lowest BCUT2D eigenvalue weighted by atomic mass is 10.00. The lowest BCUT2D eigenvalue weighted by molar-refractivity contribution is 0.392. The van der Waals surface area contributed by atoms with Crippen LogP contribution in [0.2, 0.25) is 5.02 Å². The van der Waals surface area contributed by atoms with Crippen LogP contribution in [0.5, 0.6) is 0 Å². The predicted molar refractivity (Wildman–Crippen MR) is 75.2 cm³/mol. The van der Waals surface area contributed by atoms with Crippen molar-refractivity contribution >= 4 is 28.6 Å². The first-order valence-electron chi connectivity index (χ1n) is 6.42. The van der Waals surface area contributed by atoms with E-state index in [9.17, 15) is 0 Å². The second-order valence-electron chi connectivity index (χ2n) is 4.81. The van der Waals surface area contributed by atoms with E-state index in [0.717, 1.165) is 36.6 Å². The number of aromatic amines is 1. The second-order valence-corrected chi connectivity index (χ2v) is 5.22. The molecule has 4 nitrogen and oxygen atoms in total. The zero-order valence-electron chi connectivity index (χ0n) is 10.2. The summed E-state index contributed by atoms with van der Waals surface area (Å²) in [5.74, 6) is 1.49. The van der Waals surface area contributed by atoms with E-state index in [0.29, 0.717) is 10.9 Å². The largest absolute Gasteiger partial charge is 0.355 e. The van der Waals surface area contributed by atoms with Crippen molar-refractivity contribution in [3.8, 4) is 0 Å². The molecule has 1 aromatic carbocycles. The van der Waals surface area contributed by atoms with Crippen LogP contribution in [0.4, 0.5) is 5.95 Å². The molecule has 0 aliphatic carbocycles. The number of anilines is 1. The summed E-state index contributed by atoms with van der Waals surface area (Å²) >= 11 is 6.10. The van der Waals surface area contributed by atoms with Gasteiger partial charge in [-0.1, -0.05) is 17.7 Å². The summed E-state index contributed by atoms with van der Waals surface area (Å²) in [4.78, 5) is 7.73. The molecule has 1 unspecified atom stereocenters. The maximum absolute atomic E-state index is 6.10. The van der Waals surface area contributed by atoms with Gasteiger partial charge in [-0.2, -0.15) is 0 Å². The Balaban J connectivity index is 1.69. The molecule has 0 amide bonds. The van der Waals surface area contributed by atoms with Gasteiger partial charge in [-0.25, -0.2) is 4.98 Å². The quantitative estimate of drug-likeness (QED) is 0.799. The Morgan fingerprint density at radius 3 is 3.17 bits per heavy atom. The van der Waals surface area contributed by atoms with Crippen molar-refractivity contribution in [2.24, 2.45) is 5.92 Å². The van der Waals surface area contributed by atoms with Crippen molar-refractivity contribution in [3.05, 3.63) is 23.2 Å². The fourth-order valence-electron chi connectivity index (χ4n) is 2.42. The van der Waals surface area contributed by atoms with E-state index < -0.39 is 0 Å². The standard InChI is InChI=1S/C13H17ClN4/c14-10-4-1-5-11-12(10)18-13(17-11)16-8-9-3-2-6-15-7-9/h1,4-5,9,15H,2-3,6-8H2,(H2,16,17,18). The van der Waals surface area contributed by atoms with Crippen LogP contribution in [-0.2, 0) is 0 Å². The van der Waals surface area contributed by atoms with Gasteiger partial charge in [0.25, 0.3) is 0 Å². The number of halogens is 1. The van der Waals surface area contributed by atoms with Crippen LogP contribution >= 0.6 is 11.6 Å². The lowest BCUT2D eigenvalue weighted by Crippen LogP contribution is -2.33. The number of H-pyrrole nitrogens is 1. The van der Waals surface area contributed by atoms with E-state index in [1.807, 2.05) is 18.2 Å². The third kappa shape index (κ3) is 2.44. The summed E-state index contributed by atoms with van der Waals surface area (Å²) < 4.78 is 0. The number of benzene rings is 1. The number of fused-ring (bicyclic) bond motifs is 1. The first-order chi connectivity index (χ1) is 8.83. The molecular formula is C13H17ClN4. The number of nitrogens with one attached hydrogen (secondary N) is 3. The molecule has 1 atom stereocenters. The van der Waals surface area contributed by atoms with Crippen LogP contribution in [-0.4, -0.2) is 29.6 Å². The van der Waals surface area contributed by atoms with Gasteiger partial charge in [0.05, 0.1) is 10.5 Å². The molecule has 5 heteroatoms. The highest BCUT2D eigenvalue weighted by Gasteiger charge is 2.13. The highest BCUT2D eigenvalue weighted by molar-refractivity contribution is 6.34. The van der Waals surface area contributed by atoms with Crippen LogP contribution in [0.3, 0.4) is 0 Å². The first-order valence-corrected chi connectivity index (χ1v) is 6.79. The Morgan fingerprint density at radius 2 is 2.39 bits per heavy atom. The highest BCUT2D eigenvalue weighted by atomic mass is 35.5. The normalized spacial score (nSPS) is 20.2. The first kappa shape index (κ1) is 11.8. The number of nitrogens with zero attached hydrogens (tertiary/aromatic N) is 1. The van der Waals surface area contributed by atoms with E-state index in [4.69, 9.17) is 11.6 Å². The summed E-state index contributed by atoms with van der Waals surface area (Å²) in [5, 5.41) is 7.47. The maximum atomic E-state index is 6.10. The molecule has 2 aromatic rings. The molecule has 1 fully saturated rings. The number of imidazole rings is 1. The van der Waals surface area contributed by atoms with Gasteiger partial charge in [0.2, 0.25) is 5.95 Å². The van der Waals surface area contributed by atoms with Crippen molar-refractivity contribution < 1.29 is 0 Å². The number of aromatic nitrogens is 2. The zero-order chi connectivity index (χ0) is 12.4. The molecule has 3 rings (SSSR count). The van der Waals surface area contributed by atoms with E-state index >= 15 is 0 Å². The van der Waals surface area contributed by atoms with Crippen molar-refractivity contribution in [2.75, 3.05) is 25.0 Å². The van der Waals surface area contributed by atoms with Gasteiger partial charge in [0, 0.05) is 6.54 Å². The van der Waals surface area contributed by atoms with Gasteiger partial charge in [0.1, 0.15) is 5.52 Å². The average molecular weight is 265 g/mol. The smallest absolute Gasteiger partial charge is 0.201 e. The average Bonchev–Trinajstić information content (AvgIpc) is 2.82. The minimum absolute atomic E-state index is 0.683. The Hall–Kier alpha value is -1.26. The van der Waals surface area contributed by atoms with E-state index in [1.54, 1.807) is 0 Å². The predicted octanol–water partition coefficient (Wildman–Crippen LogP) is 2.63.